The van der Waals surface area contributed by atoms with Gasteiger partial charge in [0, 0.05) is 11.6 Å². The molecule has 7 heteroatoms. The van der Waals surface area contributed by atoms with Crippen LogP contribution in [0.15, 0.2) is 34.9 Å². The Balaban J connectivity index is 1.77. The molecule has 0 aliphatic heterocycles. The summed E-state index contributed by atoms with van der Waals surface area (Å²) in [7, 11) is 0. The van der Waals surface area contributed by atoms with Gasteiger partial charge in [-0.1, -0.05) is 31.3 Å². The van der Waals surface area contributed by atoms with Crippen molar-refractivity contribution in [3.63, 3.8) is 0 Å². The lowest BCUT2D eigenvalue weighted by molar-refractivity contribution is 0.0841. The topological polar surface area (TPSA) is 93.5 Å². The van der Waals surface area contributed by atoms with Gasteiger partial charge in [0.1, 0.15) is 11.5 Å². The Hall–Kier alpha value is -2.83. The minimum absolute atomic E-state index is 0.102. The highest BCUT2D eigenvalue weighted by Crippen LogP contribution is 2.13. The van der Waals surface area contributed by atoms with Crippen LogP contribution in [-0.2, 0) is 0 Å². The fourth-order valence-corrected chi connectivity index (χ4v) is 2.14. The zero-order chi connectivity index (χ0) is 18.1. The molecule has 0 saturated heterocycles. The van der Waals surface area contributed by atoms with Crippen LogP contribution in [0.3, 0.4) is 0 Å². The number of hydrogen-bond acceptors (Lipinski definition) is 5. The van der Waals surface area contributed by atoms with E-state index < -0.39 is 11.8 Å². The molecule has 0 bridgehead atoms. The number of aromatic nitrogens is 1. The minimum atomic E-state index is -0.544. The number of carbonyl (C=O) groups is 2. The van der Waals surface area contributed by atoms with Gasteiger partial charge in [-0.25, -0.2) is 0 Å². The van der Waals surface area contributed by atoms with Gasteiger partial charge in [0.25, 0.3) is 11.8 Å². The van der Waals surface area contributed by atoms with E-state index in [1.807, 2.05) is 0 Å². The first-order valence-electron chi connectivity index (χ1n) is 8.37. The number of carbonyl (C=O) groups excluding carboxylic acids is 2. The van der Waals surface area contributed by atoms with E-state index in [-0.39, 0.29) is 5.69 Å². The van der Waals surface area contributed by atoms with Crippen LogP contribution < -0.4 is 15.6 Å². The molecule has 0 radical (unpaired) electrons. The van der Waals surface area contributed by atoms with Gasteiger partial charge in [-0.2, -0.15) is 0 Å². The number of benzene rings is 1. The Morgan fingerprint density at radius 3 is 2.44 bits per heavy atom. The van der Waals surface area contributed by atoms with E-state index in [1.165, 1.54) is 18.9 Å². The second kappa shape index (κ2) is 9.46. The molecule has 2 N–H and O–H groups in total. The molecule has 0 aliphatic rings. The van der Waals surface area contributed by atoms with Crippen molar-refractivity contribution < 1.29 is 18.8 Å². The molecular weight excluding hydrogens is 322 g/mol. The normalized spacial score (nSPS) is 10.3. The van der Waals surface area contributed by atoms with E-state index in [4.69, 9.17) is 9.26 Å². The number of aryl methyl sites for hydroxylation is 1. The highest BCUT2D eigenvalue weighted by atomic mass is 16.5. The summed E-state index contributed by atoms with van der Waals surface area (Å²) in [4.78, 5) is 23.8. The maximum atomic E-state index is 12.0. The molecule has 1 aromatic heterocycles. The summed E-state index contributed by atoms with van der Waals surface area (Å²) in [6.07, 6.45) is 4.57. The molecule has 134 valence electrons. The molecule has 7 nitrogen and oxygen atoms in total. The average Bonchev–Trinajstić information content (AvgIpc) is 3.06. The number of hydrogen-bond donors (Lipinski definition) is 2. The first-order valence-corrected chi connectivity index (χ1v) is 8.37. The van der Waals surface area contributed by atoms with Crippen molar-refractivity contribution in [2.24, 2.45) is 0 Å². The van der Waals surface area contributed by atoms with Crippen molar-refractivity contribution in [1.29, 1.82) is 0 Å². The van der Waals surface area contributed by atoms with E-state index in [0.29, 0.717) is 17.9 Å². The van der Waals surface area contributed by atoms with E-state index in [1.54, 1.807) is 31.2 Å². The number of amides is 2. The Bertz CT molecular complexity index is 695. The van der Waals surface area contributed by atoms with Gasteiger partial charge in [-0.15, -0.1) is 0 Å². The van der Waals surface area contributed by atoms with Crippen LogP contribution in [0.2, 0.25) is 0 Å². The van der Waals surface area contributed by atoms with Crippen molar-refractivity contribution >= 4 is 11.8 Å². The summed E-state index contributed by atoms with van der Waals surface area (Å²) in [5.74, 6) is 0.261. The largest absolute Gasteiger partial charge is 0.494 e. The van der Waals surface area contributed by atoms with Gasteiger partial charge < -0.3 is 9.26 Å². The van der Waals surface area contributed by atoms with E-state index in [0.717, 1.165) is 18.6 Å². The van der Waals surface area contributed by atoms with Crippen LogP contribution >= 0.6 is 0 Å². The van der Waals surface area contributed by atoms with Crippen LogP contribution in [-0.4, -0.2) is 23.6 Å². The van der Waals surface area contributed by atoms with Crippen LogP contribution in [0.5, 0.6) is 5.75 Å². The summed E-state index contributed by atoms with van der Waals surface area (Å²) in [5, 5.41) is 3.57. The Morgan fingerprint density at radius 1 is 1.08 bits per heavy atom. The van der Waals surface area contributed by atoms with Crippen molar-refractivity contribution in [1.82, 2.24) is 16.0 Å². The molecule has 25 heavy (non-hydrogen) atoms. The third kappa shape index (κ3) is 5.95. The standard InChI is InChI=1S/C18H23N3O4/c1-3-4-5-6-11-24-15-9-7-14(8-10-15)17(22)19-20-18(23)16-12-13(2)25-21-16/h7-10,12H,3-6,11H2,1-2H3,(H,19,22)(H,20,23). The molecule has 1 heterocycles. The van der Waals surface area contributed by atoms with Crippen LogP contribution in [0, 0.1) is 6.92 Å². The number of unbranched alkanes of at least 4 members (excludes halogenated alkanes) is 3. The second-order valence-electron chi connectivity index (χ2n) is 5.66. The highest BCUT2D eigenvalue weighted by molar-refractivity contribution is 5.98. The number of nitrogens with one attached hydrogen (secondary N) is 2. The van der Waals surface area contributed by atoms with Crippen molar-refractivity contribution in [2.75, 3.05) is 6.61 Å². The van der Waals surface area contributed by atoms with Gasteiger partial charge in [0.05, 0.1) is 6.61 Å². The van der Waals surface area contributed by atoms with Crippen molar-refractivity contribution in [3.8, 4) is 5.75 Å². The Kier molecular flexibility index (Phi) is 7.00. The predicted molar refractivity (Wildman–Crippen MR) is 92.3 cm³/mol. The number of rotatable bonds is 8. The lowest BCUT2D eigenvalue weighted by Gasteiger charge is -2.08. The molecule has 0 aliphatic carbocycles. The number of hydrazine groups is 1. The van der Waals surface area contributed by atoms with Gasteiger partial charge >= 0.3 is 0 Å². The van der Waals surface area contributed by atoms with Crippen molar-refractivity contribution in [3.05, 3.63) is 47.3 Å². The molecule has 2 rings (SSSR count). The van der Waals surface area contributed by atoms with E-state index in [9.17, 15) is 9.59 Å². The summed E-state index contributed by atoms with van der Waals surface area (Å²) >= 11 is 0. The van der Waals surface area contributed by atoms with Gasteiger partial charge in [-0.3, -0.25) is 20.4 Å². The van der Waals surface area contributed by atoms with E-state index >= 15 is 0 Å². The van der Waals surface area contributed by atoms with Gasteiger partial charge in [0.15, 0.2) is 5.69 Å². The summed E-state index contributed by atoms with van der Waals surface area (Å²) in [6.45, 7) is 4.51. The number of nitrogens with zero attached hydrogens (tertiary/aromatic N) is 1. The second-order valence-corrected chi connectivity index (χ2v) is 5.66. The Morgan fingerprint density at radius 2 is 1.80 bits per heavy atom. The molecule has 2 aromatic rings. The molecule has 0 fully saturated rings. The fraction of sp³-hybridized carbons (Fsp3) is 0.389. The van der Waals surface area contributed by atoms with Crippen molar-refractivity contribution in [2.45, 2.75) is 39.5 Å². The summed E-state index contributed by atoms with van der Waals surface area (Å²) < 4.78 is 10.4. The van der Waals surface area contributed by atoms with Crippen LogP contribution in [0.4, 0.5) is 0 Å². The molecule has 0 spiro atoms. The zero-order valence-corrected chi connectivity index (χ0v) is 14.5. The third-order valence-electron chi connectivity index (χ3n) is 3.53. The molecular formula is C18H23N3O4. The van der Waals surface area contributed by atoms with Crippen LogP contribution in [0.1, 0.15) is 59.2 Å². The van der Waals surface area contributed by atoms with Gasteiger partial charge in [0.2, 0.25) is 0 Å². The first kappa shape index (κ1) is 18.5. The monoisotopic (exact) mass is 345 g/mol. The molecule has 0 saturated carbocycles. The lowest BCUT2D eigenvalue weighted by Crippen LogP contribution is -2.41. The molecule has 2 amide bonds. The quantitative estimate of drug-likeness (QED) is 0.566. The average molecular weight is 345 g/mol. The maximum Gasteiger partial charge on any atom is 0.291 e. The molecule has 1 aromatic carbocycles. The summed E-state index contributed by atoms with van der Waals surface area (Å²) in [6, 6.07) is 8.23. The fourth-order valence-electron chi connectivity index (χ4n) is 2.14. The first-order chi connectivity index (χ1) is 12.1. The Labute approximate surface area is 146 Å². The lowest BCUT2D eigenvalue weighted by atomic mass is 10.2. The van der Waals surface area contributed by atoms with E-state index in [2.05, 4.69) is 22.9 Å². The SMILES string of the molecule is CCCCCCOc1ccc(C(=O)NNC(=O)c2cc(C)on2)cc1. The molecule has 0 atom stereocenters. The third-order valence-corrected chi connectivity index (χ3v) is 3.53. The van der Waals surface area contributed by atoms with Crippen LogP contribution in [0.25, 0.3) is 0 Å². The van der Waals surface area contributed by atoms with Gasteiger partial charge in [-0.05, 0) is 37.6 Å². The maximum absolute atomic E-state index is 12.0. The molecule has 0 unspecified atom stereocenters. The predicted octanol–water partition coefficient (Wildman–Crippen LogP) is 3.02. The minimum Gasteiger partial charge on any atom is -0.494 e. The number of ether oxygens (including phenoxy) is 1. The smallest absolute Gasteiger partial charge is 0.291 e. The summed E-state index contributed by atoms with van der Waals surface area (Å²) in [5.41, 5.74) is 5.13. The highest BCUT2D eigenvalue weighted by Gasteiger charge is 2.12. The zero-order valence-electron chi connectivity index (χ0n) is 14.5.